The summed E-state index contributed by atoms with van der Waals surface area (Å²) >= 11 is 0. The van der Waals surface area contributed by atoms with E-state index in [1.807, 2.05) is 39.8 Å². The van der Waals surface area contributed by atoms with Crippen molar-refractivity contribution in [3.05, 3.63) is 28.8 Å². The average Bonchev–Trinajstić information content (AvgIpc) is 2.41. The Morgan fingerprint density at radius 1 is 1.04 bits per heavy atom. The molecule has 0 aliphatic heterocycles. The highest BCUT2D eigenvalue weighted by molar-refractivity contribution is 7.92. The van der Waals surface area contributed by atoms with Gasteiger partial charge in [0, 0.05) is 13.1 Å². The minimum Gasteiger partial charge on any atom is -0.269 e. The minimum atomic E-state index is -3.51. The second-order valence-corrected chi connectivity index (χ2v) is 9.98. The number of nitrogens with one attached hydrogen (secondary N) is 1. The Morgan fingerprint density at radius 3 is 2.04 bits per heavy atom. The summed E-state index contributed by atoms with van der Waals surface area (Å²) in [5.41, 5.74) is 3.39. The molecule has 0 saturated carbocycles. The molecule has 0 aliphatic rings. The minimum absolute atomic E-state index is 0.0475. The Labute approximate surface area is 146 Å². The Balaban J connectivity index is 2.98. The summed E-state index contributed by atoms with van der Waals surface area (Å²) in [5.74, 6) is 0.0605. The Kier molecular flexibility index (Phi) is 7.25. The zero-order valence-corrected chi connectivity index (χ0v) is 16.7. The van der Waals surface area contributed by atoms with Crippen molar-refractivity contribution >= 4 is 25.7 Å². The van der Waals surface area contributed by atoms with Gasteiger partial charge in [-0.2, -0.15) is 0 Å². The van der Waals surface area contributed by atoms with E-state index in [0.717, 1.165) is 29.4 Å². The number of rotatable bonds is 9. The van der Waals surface area contributed by atoms with Crippen LogP contribution in [0.15, 0.2) is 12.1 Å². The highest BCUT2D eigenvalue weighted by Gasteiger charge is 2.22. The van der Waals surface area contributed by atoms with E-state index in [9.17, 15) is 16.8 Å². The van der Waals surface area contributed by atoms with Crippen molar-refractivity contribution in [1.29, 1.82) is 0 Å². The first-order valence-corrected chi connectivity index (χ1v) is 11.5. The fraction of sp³-hybridized carbons (Fsp3) is 0.625. The molecule has 1 aromatic carbocycles. The molecule has 1 aromatic rings. The van der Waals surface area contributed by atoms with E-state index < -0.39 is 20.0 Å². The second-order valence-electron chi connectivity index (χ2n) is 6.15. The Bertz CT molecular complexity index is 748. The molecule has 0 spiro atoms. The van der Waals surface area contributed by atoms with Crippen LogP contribution in [0.1, 0.15) is 36.5 Å². The normalized spacial score (nSPS) is 12.4. The molecule has 138 valence electrons. The largest absolute Gasteiger partial charge is 0.269 e. The second kappa shape index (κ2) is 8.31. The summed E-state index contributed by atoms with van der Waals surface area (Å²) in [4.78, 5) is 0. The summed E-state index contributed by atoms with van der Waals surface area (Å²) in [7, 11) is -6.88. The van der Waals surface area contributed by atoms with E-state index in [0.29, 0.717) is 12.1 Å². The number of aryl methyl sites for hydroxylation is 3. The molecule has 0 unspecified atom stereocenters. The fourth-order valence-electron chi connectivity index (χ4n) is 2.72. The first-order valence-electron chi connectivity index (χ1n) is 8.01. The summed E-state index contributed by atoms with van der Waals surface area (Å²) in [6.45, 7) is 7.71. The predicted molar refractivity (Wildman–Crippen MR) is 99.5 cm³/mol. The van der Waals surface area contributed by atoms with Gasteiger partial charge in [0.2, 0.25) is 20.0 Å². The van der Waals surface area contributed by atoms with E-state index >= 15 is 0 Å². The van der Waals surface area contributed by atoms with Gasteiger partial charge in [-0.05, 0) is 38.3 Å². The third-order valence-electron chi connectivity index (χ3n) is 3.69. The van der Waals surface area contributed by atoms with Gasteiger partial charge in [0.05, 0.1) is 17.7 Å². The molecule has 0 saturated heterocycles. The van der Waals surface area contributed by atoms with E-state index in [1.54, 1.807) is 0 Å². The van der Waals surface area contributed by atoms with E-state index in [-0.39, 0.29) is 18.8 Å². The molecule has 24 heavy (non-hydrogen) atoms. The highest BCUT2D eigenvalue weighted by atomic mass is 32.2. The number of anilines is 1. The quantitative estimate of drug-likeness (QED) is 0.715. The maximum atomic E-state index is 12.2. The number of hydrogen-bond donors (Lipinski definition) is 1. The number of unbranched alkanes of at least 4 members (excludes halogenated alkanes) is 1. The van der Waals surface area contributed by atoms with Gasteiger partial charge in [0.15, 0.2) is 0 Å². The smallest absolute Gasteiger partial charge is 0.232 e. The maximum absolute atomic E-state index is 12.2. The van der Waals surface area contributed by atoms with Crippen LogP contribution in [0, 0.1) is 20.8 Å². The van der Waals surface area contributed by atoms with Crippen LogP contribution in [-0.2, 0) is 20.0 Å². The van der Waals surface area contributed by atoms with Gasteiger partial charge in [-0.25, -0.2) is 21.6 Å². The van der Waals surface area contributed by atoms with E-state index in [1.165, 1.54) is 4.31 Å². The van der Waals surface area contributed by atoms with E-state index in [2.05, 4.69) is 4.72 Å². The van der Waals surface area contributed by atoms with Gasteiger partial charge in [-0.3, -0.25) is 4.31 Å². The molecule has 6 nitrogen and oxygen atoms in total. The first kappa shape index (κ1) is 20.9. The number of benzene rings is 1. The lowest BCUT2D eigenvalue weighted by molar-refractivity contribution is 0.575. The molecule has 0 bridgehead atoms. The van der Waals surface area contributed by atoms with Gasteiger partial charge < -0.3 is 0 Å². The molecule has 0 aliphatic carbocycles. The molecule has 0 heterocycles. The summed E-state index contributed by atoms with van der Waals surface area (Å²) in [5, 5.41) is 0. The molecule has 1 N–H and O–H groups in total. The monoisotopic (exact) mass is 376 g/mol. The number of sulfonamides is 2. The van der Waals surface area contributed by atoms with Crippen LogP contribution in [0.3, 0.4) is 0 Å². The summed E-state index contributed by atoms with van der Waals surface area (Å²) in [6, 6.07) is 3.85. The Hall–Kier alpha value is -1.12. The molecule has 0 radical (unpaired) electrons. The van der Waals surface area contributed by atoms with E-state index in [4.69, 9.17) is 0 Å². The van der Waals surface area contributed by atoms with Crippen LogP contribution in [0.4, 0.5) is 5.69 Å². The molecule has 0 atom stereocenters. The van der Waals surface area contributed by atoms with Crippen LogP contribution >= 0.6 is 0 Å². The molecule has 0 aromatic heterocycles. The van der Waals surface area contributed by atoms with Crippen LogP contribution in [-0.4, -0.2) is 41.9 Å². The lowest BCUT2D eigenvalue weighted by Crippen LogP contribution is -2.39. The van der Waals surface area contributed by atoms with Crippen molar-refractivity contribution < 1.29 is 16.8 Å². The van der Waals surface area contributed by atoms with Crippen molar-refractivity contribution in [1.82, 2.24) is 4.72 Å². The van der Waals surface area contributed by atoms with Crippen molar-refractivity contribution in [2.75, 3.05) is 29.4 Å². The van der Waals surface area contributed by atoms with Crippen molar-refractivity contribution in [3.63, 3.8) is 0 Å². The average molecular weight is 377 g/mol. The topological polar surface area (TPSA) is 83.6 Å². The maximum Gasteiger partial charge on any atom is 0.232 e. The van der Waals surface area contributed by atoms with Crippen LogP contribution in [0.2, 0.25) is 0 Å². The van der Waals surface area contributed by atoms with Gasteiger partial charge >= 0.3 is 0 Å². The van der Waals surface area contributed by atoms with Gasteiger partial charge in [0.1, 0.15) is 0 Å². The highest BCUT2D eigenvalue weighted by Crippen LogP contribution is 2.27. The fourth-order valence-corrected chi connectivity index (χ4v) is 4.98. The molecular formula is C16H28N2O4S2. The first-order chi connectivity index (χ1) is 11.0. The van der Waals surface area contributed by atoms with Gasteiger partial charge in [-0.15, -0.1) is 0 Å². The van der Waals surface area contributed by atoms with Gasteiger partial charge in [-0.1, -0.05) is 31.0 Å². The van der Waals surface area contributed by atoms with Crippen molar-refractivity contribution in [3.8, 4) is 0 Å². The molecular weight excluding hydrogens is 348 g/mol. The third kappa shape index (κ3) is 6.07. The lowest BCUT2D eigenvalue weighted by atomic mass is 10.1. The molecule has 1 rings (SSSR count). The Morgan fingerprint density at radius 2 is 1.58 bits per heavy atom. The van der Waals surface area contributed by atoms with Crippen LogP contribution < -0.4 is 9.03 Å². The lowest BCUT2D eigenvalue weighted by Gasteiger charge is -2.26. The zero-order chi connectivity index (χ0) is 18.5. The SMILES string of the molecule is CCCCS(=O)(=O)NCCN(c1c(C)cc(C)cc1C)S(C)(=O)=O. The van der Waals surface area contributed by atoms with Crippen molar-refractivity contribution in [2.45, 2.75) is 40.5 Å². The predicted octanol–water partition coefficient (Wildman–Crippen LogP) is 2.10. The van der Waals surface area contributed by atoms with Crippen LogP contribution in [0.5, 0.6) is 0 Å². The molecule has 0 amide bonds. The van der Waals surface area contributed by atoms with Gasteiger partial charge in [0.25, 0.3) is 0 Å². The van der Waals surface area contributed by atoms with Crippen LogP contribution in [0.25, 0.3) is 0 Å². The summed E-state index contributed by atoms with van der Waals surface area (Å²) in [6.07, 6.45) is 2.51. The third-order valence-corrected chi connectivity index (χ3v) is 6.32. The van der Waals surface area contributed by atoms with Crippen molar-refractivity contribution in [2.24, 2.45) is 0 Å². The summed E-state index contributed by atoms with van der Waals surface area (Å²) < 4.78 is 51.9. The number of hydrogen-bond acceptors (Lipinski definition) is 4. The molecule has 8 heteroatoms. The molecule has 0 fully saturated rings. The standard InChI is InChI=1S/C16H28N2O4S2/c1-6-7-10-24(21,22)17-8-9-18(23(5,19)20)16-14(3)11-13(2)12-15(16)4/h11-12,17H,6-10H2,1-5H3. The number of nitrogens with zero attached hydrogens (tertiary/aromatic N) is 1. The zero-order valence-electron chi connectivity index (χ0n) is 15.1.